The molecule has 1 aliphatic carbocycles. The molecule has 1 aliphatic heterocycles. The molecular weight excluding hydrogens is 426 g/mol. The van der Waals surface area contributed by atoms with Crippen molar-refractivity contribution in [3.8, 4) is 0 Å². The maximum Gasteiger partial charge on any atom is 0.269 e. The number of aromatic nitrogens is 3. The van der Waals surface area contributed by atoms with Gasteiger partial charge in [-0.3, -0.25) is 14.9 Å². The zero-order valence-electron chi connectivity index (χ0n) is 17.4. The number of nitrogens with zero attached hydrogens (tertiary/aromatic N) is 4. The summed E-state index contributed by atoms with van der Waals surface area (Å²) in [5, 5.41) is 19.5. The molecule has 0 amide bonds. The van der Waals surface area contributed by atoms with Crippen molar-refractivity contribution >= 4 is 29.2 Å². The van der Waals surface area contributed by atoms with E-state index in [1.54, 1.807) is 12.1 Å². The lowest BCUT2D eigenvalue weighted by atomic mass is 9.84. The minimum atomic E-state index is -0.407. The van der Waals surface area contributed by atoms with Gasteiger partial charge in [0.05, 0.1) is 4.92 Å². The predicted molar refractivity (Wildman–Crippen MR) is 122 cm³/mol. The van der Waals surface area contributed by atoms with Crippen molar-refractivity contribution in [3.63, 3.8) is 0 Å². The molecule has 5 rings (SSSR count). The van der Waals surface area contributed by atoms with E-state index < -0.39 is 4.92 Å². The monoisotopic (exact) mass is 447 g/mol. The van der Waals surface area contributed by atoms with Gasteiger partial charge in [0, 0.05) is 35.6 Å². The number of non-ortho nitro benzene ring substituents is 1. The van der Waals surface area contributed by atoms with Gasteiger partial charge in [-0.1, -0.05) is 48.2 Å². The summed E-state index contributed by atoms with van der Waals surface area (Å²) in [4.78, 5) is 28.0. The van der Waals surface area contributed by atoms with Gasteiger partial charge >= 0.3 is 0 Å². The molecule has 2 aliphatic rings. The summed E-state index contributed by atoms with van der Waals surface area (Å²) in [6, 6.07) is 14.3. The van der Waals surface area contributed by atoms with Gasteiger partial charge in [0.15, 0.2) is 5.78 Å². The molecule has 0 spiro atoms. The molecule has 9 heteroatoms. The van der Waals surface area contributed by atoms with Gasteiger partial charge in [0.2, 0.25) is 11.1 Å². The quantitative estimate of drug-likeness (QED) is 0.340. The zero-order valence-corrected chi connectivity index (χ0v) is 18.3. The number of hydrogen-bond acceptors (Lipinski definition) is 7. The largest absolute Gasteiger partial charge is 0.328 e. The fourth-order valence-corrected chi connectivity index (χ4v) is 5.03. The van der Waals surface area contributed by atoms with Crippen LogP contribution >= 0.6 is 11.8 Å². The second-order valence-electron chi connectivity index (χ2n) is 7.93. The summed E-state index contributed by atoms with van der Waals surface area (Å²) in [5.41, 5.74) is 4.91. The normalized spacial score (nSPS) is 17.5. The SMILES string of the molecule is Cc1ccccc1C1C2=C(CCCC2=O)Nc2nc(SCc3ccc([N+](=O)[O-])cc3)nn21. The molecule has 2 aromatic carbocycles. The molecule has 162 valence electrons. The Labute approximate surface area is 188 Å². The molecule has 1 N–H and O–H groups in total. The van der Waals surface area contributed by atoms with Crippen LogP contribution in [-0.2, 0) is 10.5 Å². The Kier molecular flexibility index (Phi) is 5.26. The lowest BCUT2D eigenvalue weighted by molar-refractivity contribution is -0.384. The van der Waals surface area contributed by atoms with Gasteiger partial charge in [0.1, 0.15) is 6.04 Å². The molecular formula is C23H21N5O3S. The molecule has 3 aromatic rings. The van der Waals surface area contributed by atoms with Gasteiger partial charge in [-0.15, -0.1) is 5.10 Å². The van der Waals surface area contributed by atoms with Crippen molar-refractivity contribution in [3.05, 3.63) is 86.6 Å². The first-order chi connectivity index (χ1) is 15.5. The minimum absolute atomic E-state index is 0.0703. The number of carbonyl (C=O) groups excluding carboxylic acids is 1. The van der Waals surface area contributed by atoms with E-state index in [0.29, 0.717) is 23.3 Å². The molecule has 8 nitrogen and oxygen atoms in total. The Morgan fingerprint density at radius 3 is 2.72 bits per heavy atom. The molecule has 1 unspecified atom stereocenters. The van der Waals surface area contributed by atoms with E-state index in [-0.39, 0.29) is 17.5 Å². The van der Waals surface area contributed by atoms with Crippen LogP contribution < -0.4 is 5.32 Å². The maximum atomic E-state index is 12.9. The molecule has 0 saturated carbocycles. The maximum absolute atomic E-state index is 12.9. The Hall–Kier alpha value is -3.46. The van der Waals surface area contributed by atoms with Crippen molar-refractivity contribution in [1.29, 1.82) is 0 Å². The third-order valence-corrected chi connectivity index (χ3v) is 6.76. The van der Waals surface area contributed by atoms with Crippen molar-refractivity contribution in [1.82, 2.24) is 14.8 Å². The standard InChI is InChI=1S/C23H21N5O3S/c1-14-5-2-3-6-17(14)21-20-18(7-4-8-19(20)29)24-22-25-23(26-27(21)22)32-13-15-9-11-16(12-10-15)28(30)31/h2-3,5-6,9-12,21H,4,7-8,13H2,1H3,(H,24,25,26). The Morgan fingerprint density at radius 1 is 1.19 bits per heavy atom. The lowest BCUT2D eigenvalue weighted by Gasteiger charge is -2.32. The van der Waals surface area contributed by atoms with Crippen molar-refractivity contribution in [2.75, 3.05) is 5.32 Å². The van der Waals surface area contributed by atoms with Gasteiger partial charge in [-0.2, -0.15) is 4.98 Å². The van der Waals surface area contributed by atoms with Gasteiger partial charge in [-0.05, 0) is 36.5 Å². The molecule has 2 heterocycles. The summed E-state index contributed by atoms with van der Waals surface area (Å²) in [6.45, 7) is 2.05. The van der Waals surface area contributed by atoms with E-state index >= 15 is 0 Å². The van der Waals surface area contributed by atoms with E-state index in [2.05, 4.69) is 10.3 Å². The van der Waals surface area contributed by atoms with Crippen LogP contribution in [0.3, 0.4) is 0 Å². The lowest BCUT2D eigenvalue weighted by Crippen LogP contribution is -2.31. The molecule has 0 saturated heterocycles. The number of allylic oxidation sites excluding steroid dienone is 2. The van der Waals surface area contributed by atoms with E-state index in [9.17, 15) is 14.9 Å². The van der Waals surface area contributed by atoms with Gasteiger partial charge in [-0.25, -0.2) is 4.68 Å². The van der Waals surface area contributed by atoms with Crippen LogP contribution in [0.1, 0.15) is 42.0 Å². The summed E-state index contributed by atoms with van der Waals surface area (Å²) in [5.74, 6) is 1.38. The van der Waals surface area contributed by atoms with Crippen LogP contribution in [0, 0.1) is 17.0 Å². The number of nitro groups is 1. The number of ketones is 1. The first-order valence-corrected chi connectivity index (χ1v) is 11.4. The topological polar surface area (TPSA) is 103 Å². The Morgan fingerprint density at radius 2 is 1.97 bits per heavy atom. The second-order valence-corrected chi connectivity index (χ2v) is 8.87. The second kappa shape index (κ2) is 8.23. The molecule has 0 bridgehead atoms. The summed E-state index contributed by atoms with van der Waals surface area (Å²) in [7, 11) is 0. The summed E-state index contributed by atoms with van der Waals surface area (Å²) < 4.78 is 1.82. The molecule has 32 heavy (non-hydrogen) atoms. The van der Waals surface area contributed by atoms with E-state index in [0.717, 1.165) is 40.8 Å². The van der Waals surface area contributed by atoms with Crippen LogP contribution in [0.15, 0.2) is 65.0 Å². The fraction of sp³-hybridized carbons (Fsp3) is 0.261. The number of thioether (sulfide) groups is 1. The summed E-state index contributed by atoms with van der Waals surface area (Å²) in [6.07, 6.45) is 2.21. The van der Waals surface area contributed by atoms with Crippen LogP contribution in [0.2, 0.25) is 0 Å². The number of rotatable bonds is 5. The third-order valence-electron chi connectivity index (χ3n) is 5.85. The molecule has 0 radical (unpaired) electrons. The minimum Gasteiger partial charge on any atom is -0.328 e. The van der Waals surface area contributed by atoms with Gasteiger partial charge in [0.25, 0.3) is 5.69 Å². The summed E-state index contributed by atoms with van der Waals surface area (Å²) >= 11 is 1.46. The van der Waals surface area contributed by atoms with E-state index in [4.69, 9.17) is 5.10 Å². The number of nitro benzene ring substituents is 1. The third kappa shape index (κ3) is 3.69. The number of carbonyl (C=O) groups is 1. The zero-order chi connectivity index (χ0) is 22.2. The molecule has 0 fully saturated rings. The number of fused-ring (bicyclic) bond motifs is 1. The van der Waals surface area contributed by atoms with Gasteiger partial charge < -0.3 is 5.32 Å². The number of benzene rings is 2. The molecule has 1 atom stereocenters. The van der Waals surface area contributed by atoms with Crippen LogP contribution in [-0.4, -0.2) is 25.5 Å². The van der Waals surface area contributed by atoms with E-state index in [1.807, 2.05) is 35.9 Å². The molecule has 1 aromatic heterocycles. The fourth-order valence-electron chi connectivity index (χ4n) is 4.24. The first kappa shape index (κ1) is 20.4. The Balaban J connectivity index is 1.46. The number of hydrogen-bond donors (Lipinski definition) is 1. The smallest absolute Gasteiger partial charge is 0.269 e. The van der Waals surface area contributed by atoms with Crippen molar-refractivity contribution in [2.45, 2.75) is 43.1 Å². The average Bonchev–Trinajstić information content (AvgIpc) is 3.20. The average molecular weight is 448 g/mol. The highest BCUT2D eigenvalue weighted by atomic mass is 32.2. The highest BCUT2D eigenvalue weighted by Crippen LogP contribution is 2.41. The van der Waals surface area contributed by atoms with Crippen LogP contribution in [0.4, 0.5) is 11.6 Å². The highest BCUT2D eigenvalue weighted by Gasteiger charge is 2.37. The van der Waals surface area contributed by atoms with Crippen LogP contribution in [0.25, 0.3) is 0 Å². The first-order valence-electron chi connectivity index (χ1n) is 10.4. The number of Topliss-reactive ketones (excluding diaryl/α,β-unsaturated/α-hetero) is 1. The highest BCUT2D eigenvalue weighted by molar-refractivity contribution is 7.98. The van der Waals surface area contributed by atoms with Crippen LogP contribution in [0.5, 0.6) is 0 Å². The number of aryl methyl sites for hydroxylation is 1. The predicted octanol–water partition coefficient (Wildman–Crippen LogP) is 4.81. The van der Waals surface area contributed by atoms with Crippen molar-refractivity contribution < 1.29 is 9.72 Å². The van der Waals surface area contributed by atoms with E-state index in [1.165, 1.54) is 23.9 Å². The Bertz CT molecular complexity index is 1250. The van der Waals surface area contributed by atoms with Crippen molar-refractivity contribution in [2.24, 2.45) is 0 Å². The number of nitrogens with one attached hydrogen (secondary N) is 1. The number of anilines is 1.